The third kappa shape index (κ3) is 4.65. The fraction of sp³-hybridized carbons (Fsp3) is 0.440. The zero-order chi connectivity index (χ0) is 22.0. The molecule has 0 spiro atoms. The van der Waals surface area contributed by atoms with Gasteiger partial charge < -0.3 is 20.0 Å². The number of para-hydroxylation sites is 2. The van der Waals surface area contributed by atoms with Crippen molar-refractivity contribution in [1.82, 2.24) is 0 Å². The molecule has 2 aliphatic rings. The second-order valence-electron chi connectivity index (χ2n) is 8.99. The molecule has 6 heteroatoms. The molecule has 4 rings (SSSR count). The van der Waals surface area contributed by atoms with E-state index in [1.165, 1.54) is 15.4 Å². The van der Waals surface area contributed by atoms with E-state index >= 15 is 0 Å². The predicted octanol–water partition coefficient (Wildman–Crippen LogP) is 0.00314. The molecule has 0 bridgehead atoms. The van der Waals surface area contributed by atoms with Crippen LogP contribution in [-0.4, -0.2) is 57.1 Å². The second-order valence-corrected chi connectivity index (χ2v) is 8.99. The molecule has 0 aliphatic carbocycles. The molecule has 3 N–H and O–H groups in total. The average molecular weight is 423 g/mol. The number of quaternary nitrogens is 2. The average Bonchev–Trinajstić information content (AvgIpc) is 3.20. The highest BCUT2D eigenvalue weighted by molar-refractivity contribution is 5.98. The van der Waals surface area contributed by atoms with Gasteiger partial charge in [0.05, 0.1) is 0 Å². The first kappa shape index (κ1) is 21.5. The number of nitrogens with one attached hydrogen (secondary N) is 3. The molecule has 1 atom stereocenters. The van der Waals surface area contributed by atoms with Crippen molar-refractivity contribution < 1.29 is 19.4 Å². The van der Waals surface area contributed by atoms with Gasteiger partial charge in [-0.2, -0.15) is 0 Å². The predicted molar refractivity (Wildman–Crippen MR) is 123 cm³/mol. The van der Waals surface area contributed by atoms with Crippen LogP contribution in [0.25, 0.3) is 0 Å². The van der Waals surface area contributed by atoms with E-state index in [4.69, 9.17) is 0 Å². The van der Waals surface area contributed by atoms with Crippen molar-refractivity contribution in [2.75, 3.05) is 49.5 Å². The number of carbonyl (C=O) groups excluding carboxylic acids is 2. The molecule has 164 valence electrons. The SMILES string of the molecule is Cc1cccc(C)c1NC(=O)C[NH+]1CC[NH+]([C@@H](C)C(=O)N2CCc3ccccc32)CC1. The van der Waals surface area contributed by atoms with Crippen LogP contribution in [0.3, 0.4) is 0 Å². The molecule has 2 heterocycles. The largest absolute Gasteiger partial charge is 0.321 e. The first-order valence-electron chi connectivity index (χ1n) is 11.4. The Kier molecular flexibility index (Phi) is 6.39. The number of rotatable bonds is 5. The van der Waals surface area contributed by atoms with Crippen LogP contribution < -0.4 is 20.0 Å². The van der Waals surface area contributed by atoms with Crippen LogP contribution in [0.1, 0.15) is 23.6 Å². The standard InChI is InChI=1S/C25H32N4O2/c1-18-7-6-8-19(2)24(18)26-23(30)17-27-13-15-28(16-14-27)20(3)25(31)29-12-11-21-9-4-5-10-22(21)29/h4-10,20H,11-17H2,1-3H3,(H,26,30)/p+2/t20-/m0/s1. The Morgan fingerprint density at radius 2 is 1.68 bits per heavy atom. The van der Waals surface area contributed by atoms with Gasteiger partial charge in [-0.05, 0) is 49.9 Å². The van der Waals surface area contributed by atoms with Crippen molar-refractivity contribution in [2.24, 2.45) is 0 Å². The van der Waals surface area contributed by atoms with E-state index in [0.717, 1.165) is 61.6 Å². The van der Waals surface area contributed by atoms with Gasteiger partial charge in [-0.3, -0.25) is 9.59 Å². The van der Waals surface area contributed by atoms with Crippen molar-refractivity contribution in [3.05, 3.63) is 59.2 Å². The normalized spacial score (nSPS) is 21.5. The first-order valence-corrected chi connectivity index (χ1v) is 11.4. The lowest BCUT2D eigenvalue weighted by Crippen LogP contribution is -3.30. The summed E-state index contributed by atoms with van der Waals surface area (Å²) in [7, 11) is 0. The van der Waals surface area contributed by atoms with Crippen molar-refractivity contribution in [3.63, 3.8) is 0 Å². The van der Waals surface area contributed by atoms with Gasteiger partial charge in [0.15, 0.2) is 12.6 Å². The van der Waals surface area contributed by atoms with E-state index in [-0.39, 0.29) is 17.9 Å². The lowest BCUT2D eigenvalue weighted by molar-refractivity contribution is -1.01. The Bertz CT molecular complexity index is 945. The number of anilines is 2. The van der Waals surface area contributed by atoms with Gasteiger partial charge in [0.25, 0.3) is 11.8 Å². The van der Waals surface area contributed by atoms with E-state index in [2.05, 4.69) is 24.4 Å². The zero-order valence-corrected chi connectivity index (χ0v) is 18.8. The van der Waals surface area contributed by atoms with E-state index in [9.17, 15) is 9.59 Å². The van der Waals surface area contributed by atoms with E-state index in [0.29, 0.717) is 6.54 Å². The fourth-order valence-electron chi connectivity index (χ4n) is 4.93. The van der Waals surface area contributed by atoms with E-state index in [1.54, 1.807) is 0 Å². The van der Waals surface area contributed by atoms with Crippen molar-refractivity contribution in [3.8, 4) is 0 Å². The zero-order valence-electron chi connectivity index (χ0n) is 18.8. The topological polar surface area (TPSA) is 58.3 Å². The summed E-state index contributed by atoms with van der Waals surface area (Å²) in [5, 5.41) is 3.10. The van der Waals surface area contributed by atoms with Crippen LogP contribution in [0.15, 0.2) is 42.5 Å². The Hall–Kier alpha value is -2.70. The smallest absolute Gasteiger partial charge is 0.284 e. The maximum Gasteiger partial charge on any atom is 0.284 e. The van der Waals surface area contributed by atoms with Crippen molar-refractivity contribution in [2.45, 2.75) is 33.2 Å². The highest BCUT2D eigenvalue weighted by Crippen LogP contribution is 2.27. The number of nitrogens with zero attached hydrogens (tertiary/aromatic N) is 1. The number of hydrogen-bond donors (Lipinski definition) is 3. The number of aryl methyl sites for hydroxylation is 2. The summed E-state index contributed by atoms with van der Waals surface area (Å²) in [4.78, 5) is 30.3. The molecule has 0 radical (unpaired) electrons. The van der Waals surface area contributed by atoms with Gasteiger partial charge in [0.2, 0.25) is 0 Å². The van der Waals surface area contributed by atoms with Crippen LogP contribution in [0.2, 0.25) is 0 Å². The molecular formula is C25H34N4O2+2. The summed E-state index contributed by atoms with van der Waals surface area (Å²) in [6, 6.07) is 14.2. The molecule has 0 aromatic heterocycles. The Balaban J connectivity index is 1.28. The summed E-state index contributed by atoms with van der Waals surface area (Å²) in [5.74, 6) is 0.282. The number of hydrogen-bond acceptors (Lipinski definition) is 2. The van der Waals surface area contributed by atoms with Crippen molar-refractivity contribution >= 4 is 23.2 Å². The molecular weight excluding hydrogens is 388 g/mol. The van der Waals surface area contributed by atoms with Crippen LogP contribution in [0.4, 0.5) is 11.4 Å². The highest BCUT2D eigenvalue weighted by atomic mass is 16.2. The molecule has 2 aromatic rings. The Morgan fingerprint density at radius 1 is 1.00 bits per heavy atom. The Labute approximate surface area is 184 Å². The number of benzene rings is 2. The highest BCUT2D eigenvalue weighted by Gasteiger charge is 2.36. The summed E-state index contributed by atoms with van der Waals surface area (Å²) < 4.78 is 0. The van der Waals surface area contributed by atoms with E-state index in [1.807, 2.05) is 49.1 Å². The van der Waals surface area contributed by atoms with Crippen LogP contribution in [0.5, 0.6) is 0 Å². The summed E-state index contributed by atoms with van der Waals surface area (Å²) >= 11 is 0. The minimum absolute atomic E-state index is 0.0591. The minimum Gasteiger partial charge on any atom is -0.321 e. The molecule has 1 saturated heterocycles. The molecule has 2 aliphatic heterocycles. The molecule has 6 nitrogen and oxygen atoms in total. The second kappa shape index (κ2) is 9.20. The van der Waals surface area contributed by atoms with Gasteiger partial charge in [0, 0.05) is 17.9 Å². The fourth-order valence-corrected chi connectivity index (χ4v) is 4.93. The molecule has 2 aromatic carbocycles. The van der Waals surface area contributed by atoms with Gasteiger partial charge in [-0.1, -0.05) is 36.4 Å². The van der Waals surface area contributed by atoms with Crippen LogP contribution >= 0.6 is 0 Å². The quantitative estimate of drug-likeness (QED) is 0.636. The summed E-state index contributed by atoms with van der Waals surface area (Å²) in [6.07, 6.45) is 0.942. The first-order chi connectivity index (χ1) is 14.9. The summed E-state index contributed by atoms with van der Waals surface area (Å²) in [5.41, 5.74) is 5.46. The van der Waals surface area contributed by atoms with Crippen molar-refractivity contribution in [1.29, 1.82) is 0 Å². The molecule has 2 amide bonds. The number of amides is 2. The monoisotopic (exact) mass is 422 g/mol. The molecule has 0 unspecified atom stereocenters. The van der Waals surface area contributed by atoms with Gasteiger partial charge in [0.1, 0.15) is 26.2 Å². The molecule has 0 saturated carbocycles. The van der Waals surface area contributed by atoms with Crippen LogP contribution in [-0.2, 0) is 16.0 Å². The number of carbonyl (C=O) groups is 2. The maximum atomic E-state index is 13.2. The Morgan fingerprint density at radius 3 is 2.39 bits per heavy atom. The third-order valence-corrected chi connectivity index (χ3v) is 6.89. The lowest BCUT2D eigenvalue weighted by Gasteiger charge is -2.33. The molecule has 1 fully saturated rings. The lowest BCUT2D eigenvalue weighted by atomic mass is 10.1. The third-order valence-electron chi connectivity index (χ3n) is 6.89. The van der Waals surface area contributed by atoms with Crippen LogP contribution in [0, 0.1) is 13.8 Å². The van der Waals surface area contributed by atoms with Gasteiger partial charge in [-0.15, -0.1) is 0 Å². The van der Waals surface area contributed by atoms with Gasteiger partial charge >= 0.3 is 0 Å². The summed E-state index contributed by atoms with van der Waals surface area (Å²) in [6.45, 7) is 11.0. The minimum atomic E-state index is -0.0591. The maximum absolute atomic E-state index is 13.2. The molecule has 31 heavy (non-hydrogen) atoms. The number of fused-ring (bicyclic) bond motifs is 1. The number of piperazine rings is 1. The van der Waals surface area contributed by atoms with E-state index < -0.39 is 0 Å². The van der Waals surface area contributed by atoms with Gasteiger partial charge in [-0.25, -0.2) is 0 Å².